The lowest BCUT2D eigenvalue weighted by molar-refractivity contribution is 0.288. The van der Waals surface area contributed by atoms with Gasteiger partial charge >= 0.3 is 0 Å². The Morgan fingerprint density at radius 3 is 2.35 bits per heavy atom. The fourth-order valence-electron chi connectivity index (χ4n) is 2.18. The standard InChI is InChI=1S/C17H21NO2/c1-4-19-16-10-9-13(11-17(16)20-5-2)14-7-6-8-15(18)12(14)3/h6-11H,4-5,18H2,1-3H3. The predicted octanol–water partition coefficient (Wildman–Crippen LogP) is 4.04. The smallest absolute Gasteiger partial charge is 0.161 e. The quantitative estimate of drug-likeness (QED) is 0.835. The van der Waals surface area contributed by atoms with Crippen LogP contribution in [0.5, 0.6) is 11.5 Å². The molecule has 0 fully saturated rings. The van der Waals surface area contributed by atoms with E-state index in [0.717, 1.165) is 33.9 Å². The minimum Gasteiger partial charge on any atom is -0.490 e. The Bertz CT molecular complexity index is 594. The number of anilines is 1. The number of rotatable bonds is 5. The molecular formula is C17H21NO2. The van der Waals surface area contributed by atoms with E-state index in [4.69, 9.17) is 15.2 Å². The van der Waals surface area contributed by atoms with E-state index in [1.807, 2.05) is 51.1 Å². The molecule has 106 valence electrons. The van der Waals surface area contributed by atoms with Gasteiger partial charge in [-0.1, -0.05) is 18.2 Å². The van der Waals surface area contributed by atoms with Crippen LogP contribution in [0.1, 0.15) is 19.4 Å². The first-order valence-corrected chi connectivity index (χ1v) is 6.92. The molecule has 0 spiro atoms. The van der Waals surface area contributed by atoms with Crippen LogP contribution in [-0.2, 0) is 0 Å². The molecule has 2 N–H and O–H groups in total. The zero-order chi connectivity index (χ0) is 14.5. The van der Waals surface area contributed by atoms with Crippen LogP contribution < -0.4 is 15.2 Å². The van der Waals surface area contributed by atoms with Gasteiger partial charge in [0.25, 0.3) is 0 Å². The second-order valence-electron chi connectivity index (χ2n) is 4.55. The summed E-state index contributed by atoms with van der Waals surface area (Å²) in [6.07, 6.45) is 0. The molecule has 0 amide bonds. The van der Waals surface area contributed by atoms with Crippen molar-refractivity contribution in [3.8, 4) is 22.6 Å². The van der Waals surface area contributed by atoms with Crippen molar-refractivity contribution in [1.29, 1.82) is 0 Å². The first-order chi connectivity index (χ1) is 9.67. The van der Waals surface area contributed by atoms with Crippen molar-refractivity contribution in [1.82, 2.24) is 0 Å². The lowest BCUT2D eigenvalue weighted by Crippen LogP contribution is -1.99. The number of hydrogen-bond acceptors (Lipinski definition) is 3. The topological polar surface area (TPSA) is 44.5 Å². The van der Waals surface area contributed by atoms with Gasteiger partial charge in [0, 0.05) is 5.69 Å². The Morgan fingerprint density at radius 2 is 1.65 bits per heavy atom. The van der Waals surface area contributed by atoms with Crippen LogP contribution in [-0.4, -0.2) is 13.2 Å². The summed E-state index contributed by atoms with van der Waals surface area (Å²) >= 11 is 0. The molecule has 2 aromatic carbocycles. The maximum absolute atomic E-state index is 5.98. The molecule has 3 nitrogen and oxygen atoms in total. The average Bonchev–Trinajstić information content (AvgIpc) is 2.44. The predicted molar refractivity (Wildman–Crippen MR) is 83.4 cm³/mol. The Morgan fingerprint density at radius 1 is 0.950 bits per heavy atom. The van der Waals surface area contributed by atoms with E-state index in [-0.39, 0.29) is 0 Å². The van der Waals surface area contributed by atoms with Gasteiger partial charge in [-0.25, -0.2) is 0 Å². The first kappa shape index (κ1) is 14.3. The van der Waals surface area contributed by atoms with Gasteiger partial charge in [-0.05, 0) is 55.7 Å². The van der Waals surface area contributed by atoms with E-state index >= 15 is 0 Å². The van der Waals surface area contributed by atoms with Crippen LogP contribution >= 0.6 is 0 Å². The minimum atomic E-state index is 0.611. The monoisotopic (exact) mass is 271 g/mol. The van der Waals surface area contributed by atoms with Crippen molar-refractivity contribution < 1.29 is 9.47 Å². The summed E-state index contributed by atoms with van der Waals surface area (Å²) in [4.78, 5) is 0. The zero-order valence-electron chi connectivity index (χ0n) is 12.3. The van der Waals surface area contributed by atoms with Gasteiger partial charge in [0.2, 0.25) is 0 Å². The summed E-state index contributed by atoms with van der Waals surface area (Å²) in [6, 6.07) is 11.9. The highest BCUT2D eigenvalue weighted by molar-refractivity contribution is 5.74. The molecule has 0 aliphatic rings. The van der Waals surface area contributed by atoms with Crippen molar-refractivity contribution in [3.63, 3.8) is 0 Å². The molecule has 0 bridgehead atoms. The SMILES string of the molecule is CCOc1ccc(-c2cccc(N)c2C)cc1OCC. The highest BCUT2D eigenvalue weighted by Crippen LogP contribution is 2.35. The van der Waals surface area contributed by atoms with Gasteiger partial charge in [-0.2, -0.15) is 0 Å². The second kappa shape index (κ2) is 6.33. The lowest BCUT2D eigenvalue weighted by atomic mass is 9.99. The first-order valence-electron chi connectivity index (χ1n) is 6.92. The van der Waals surface area contributed by atoms with Gasteiger partial charge in [0.1, 0.15) is 0 Å². The summed E-state index contributed by atoms with van der Waals surface area (Å²) in [5, 5.41) is 0. The summed E-state index contributed by atoms with van der Waals surface area (Å²) < 4.78 is 11.3. The largest absolute Gasteiger partial charge is 0.490 e. The van der Waals surface area contributed by atoms with Crippen molar-refractivity contribution in [2.45, 2.75) is 20.8 Å². The van der Waals surface area contributed by atoms with Crippen LogP contribution in [0, 0.1) is 6.92 Å². The van der Waals surface area contributed by atoms with Gasteiger partial charge in [-0.3, -0.25) is 0 Å². The molecule has 0 heterocycles. The highest BCUT2D eigenvalue weighted by Gasteiger charge is 2.09. The molecule has 0 saturated carbocycles. The van der Waals surface area contributed by atoms with E-state index in [9.17, 15) is 0 Å². The van der Waals surface area contributed by atoms with E-state index in [1.54, 1.807) is 0 Å². The second-order valence-corrected chi connectivity index (χ2v) is 4.55. The Hall–Kier alpha value is -2.16. The van der Waals surface area contributed by atoms with Gasteiger partial charge < -0.3 is 15.2 Å². The average molecular weight is 271 g/mol. The van der Waals surface area contributed by atoms with E-state index in [1.165, 1.54) is 0 Å². The molecule has 0 aliphatic heterocycles. The summed E-state index contributed by atoms with van der Waals surface area (Å²) in [6.45, 7) is 7.19. The maximum Gasteiger partial charge on any atom is 0.161 e. The number of ether oxygens (including phenoxy) is 2. The normalized spacial score (nSPS) is 10.3. The molecule has 20 heavy (non-hydrogen) atoms. The van der Waals surface area contributed by atoms with Gasteiger partial charge in [0.15, 0.2) is 11.5 Å². The fourth-order valence-corrected chi connectivity index (χ4v) is 2.18. The Labute approximate surface area is 120 Å². The van der Waals surface area contributed by atoms with Gasteiger partial charge in [0.05, 0.1) is 13.2 Å². The molecule has 3 heteroatoms. The van der Waals surface area contributed by atoms with Gasteiger partial charge in [-0.15, -0.1) is 0 Å². The van der Waals surface area contributed by atoms with E-state index in [2.05, 4.69) is 6.07 Å². The molecular weight excluding hydrogens is 250 g/mol. The lowest BCUT2D eigenvalue weighted by Gasteiger charge is -2.14. The van der Waals surface area contributed by atoms with Crippen molar-refractivity contribution in [3.05, 3.63) is 42.0 Å². The third kappa shape index (κ3) is 2.87. The fraction of sp³-hybridized carbons (Fsp3) is 0.294. The van der Waals surface area contributed by atoms with Crippen LogP contribution in [0.3, 0.4) is 0 Å². The van der Waals surface area contributed by atoms with Crippen LogP contribution in [0.25, 0.3) is 11.1 Å². The number of nitrogen functional groups attached to an aromatic ring is 1. The number of nitrogens with two attached hydrogens (primary N) is 1. The molecule has 0 unspecified atom stereocenters. The van der Waals surface area contributed by atoms with Crippen molar-refractivity contribution in [2.75, 3.05) is 18.9 Å². The van der Waals surface area contributed by atoms with Crippen LogP contribution in [0.2, 0.25) is 0 Å². The molecule has 0 radical (unpaired) electrons. The van der Waals surface area contributed by atoms with Crippen LogP contribution in [0.15, 0.2) is 36.4 Å². The number of hydrogen-bond donors (Lipinski definition) is 1. The molecule has 0 atom stereocenters. The third-order valence-corrected chi connectivity index (χ3v) is 3.23. The third-order valence-electron chi connectivity index (χ3n) is 3.23. The maximum atomic E-state index is 5.98. The molecule has 2 aromatic rings. The summed E-state index contributed by atoms with van der Waals surface area (Å²) in [5.41, 5.74) is 10.1. The zero-order valence-corrected chi connectivity index (χ0v) is 12.3. The molecule has 0 aromatic heterocycles. The molecule has 0 saturated heterocycles. The molecule has 0 aliphatic carbocycles. The van der Waals surface area contributed by atoms with Crippen molar-refractivity contribution in [2.24, 2.45) is 0 Å². The highest BCUT2D eigenvalue weighted by atomic mass is 16.5. The van der Waals surface area contributed by atoms with E-state index in [0.29, 0.717) is 13.2 Å². The number of benzene rings is 2. The molecule has 2 rings (SSSR count). The van der Waals surface area contributed by atoms with Crippen LogP contribution in [0.4, 0.5) is 5.69 Å². The Kier molecular flexibility index (Phi) is 4.51. The van der Waals surface area contributed by atoms with Crippen molar-refractivity contribution >= 4 is 5.69 Å². The minimum absolute atomic E-state index is 0.611. The summed E-state index contributed by atoms with van der Waals surface area (Å²) in [5.74, 6) is 1.55. The Balaban J connectivity index is 2.47. The van der Waals surface area contributed by atoms with E-state index < -0.39 is 0 Å². The summed E-state index contributed by atoms with van der Waals surface area (Å²) in [7, 11) is 0.